The number of nitrogens with zero attached hydrogens (tertiary/aromatic N) is 2. The highest BCUT2D eigenvalue weighted by molar-refractivity contribution is 14.0. The van der Waals surface area contributed by atoms with E-state index in [1.807, 2.05) is 42.3 Å². The van der Waals surface area contributed by atoms with E-state index in [4.69, 9.17) is 4.74 Å². The van der Waals surface area contributed by atoms with Crippen molar-refractivity contribution in [3.05, 3.63) is 30.3 Å². The molecule has 0 aliphatic heterocycles. The topological polar surface area (TPSA) is 63.2 Å². The molecule has 1 aromatic carbocycles. The lowest BCUT2D eigenvalue weighted by Gasteiger charge is -2.22. The van der Waals surface area contributed by atoms with E-state index in [1.165, 1.54) is 7.11 Å². The van der Waals surface area contributed by atoms with Crippen LogP contribution in [0.4, 0.5) is 0 Å². The van der Waals surface area contributed by atoms with Crippen molar-refractivity contribution in [2.45, 2.75) is 6.42 Å². The monoisotopic (exact) mass is 421 g/mol. The summed E-state index contributed by atoms with van der Waals surface area (Å²) in [6.07, 6.45) is 0.309. The summed E-state index contributed by atoms with van der Waals surface area (Å²) in [7, 11) is 5.00. The van der Waals surface area contributed by atoms with E-state index in [0.29, 0.717) is 26.1 Å². The van der Waals surface area contributed by atoms with Gasteiger partial charge in [-0.15, -0.1) is 24.0 Å². The van der Waals surface area contributed by atoms with E-state index in [9.17, 15) is 4.79 Å². The molecule has 0 atom stereocenters. The van der Waals surface area contributed by atoms with Gasteiger partial charge in [0.1, 0.15) is 12.4 Å². The smallest absolute Gasteiger partial charge is 0.307 e. The normalized spacial score (nSPS) is 10.4. The Morgan fingerprint density at radius 3 is 2.59 bits per heavy atom. The van der Waals surface area contributed by atoms with Gasteiger partial charge in [0.15, 0.2) is 5.96 Å². The molecule has 0 aliphatic rings. The number of hydrogen-bond acceptors (Lipinski definition) is 4. The molecular weight excluding hydrogens is 397 g/mol. The number of halogens is 1. The molecule has 22 heavy (non-hydrogen) atoms. The van der Waals surface area contributed by atoms with Crippen LogP contribution in [0.1, 0.15) is 6.42 Å². The number of methoxy groups -OCH3 is 1. The van der Waals surface area contributed by atoms with Crippen LogP contribution in [0.2, 0.25) is 0 Å². The van der Waals surface area contributed by atoms with Crippen LogP contribution >= 0.6 is 24.0 Å². The van der Waals surface area contributed by atoms with Crippen LogP contribution in [0.25, 0.3) is 0 Å². The zero-order valence-corrected chi connectivity index (χ0v) is 15.6. The first-order chi connectivity index (χ1) is 10.2. The quantitative estimate of drug-likeness (QED) is 0.315. The molecule has 1 rings (SSSR count). The molecule has 0 aromatic heterocycles. The summed E-state index contributed by atoms with van der Waals surface area (Å²) in [5.41, 5.74) is 0. The van der Waals surface area contributed by atoms with Gasteiger partial charge in [-0.2, -0.15) is 0 Å². The van der Waals surface area contributed by atoms with Gasteiger partial charge in [0.05, 0.1) is 20.1 Å². The van der Waals surface area contributed by atoms with Gasteiger partial charge in [-0.1, -0.05) is 18.2 Å². The van der Waals surface area contributed by atoms with Crippen LogP contribution in [0.5, 0.6) is 5.75 Å². The lowest BCUT2D eigenvalue weighted by Crippen LogP contribution is -2.41. The minimum atomic E-state index is -0.243. The molecule has 0 unspecified atom stereocenters. The van der Waals surface area contributed by atoms with Crippen LogP contribution in [-0.2, 0) is 9.53 Å². The van der Waals surface area contributed by atoms with Gasteiger partial charge in [-0.25, -0.2) is 0 Å². The minimum absolute atomic E-state index is 0. The third-order valence-corrected chi connectivity index (χ3v) is 2.85. The first-order valence-corrected chi connectivity index (χ1v) is 6.83. The summed E-state index contributed by atoms with van der Waals surface area (Å²) in [6, 6.07) is 9.66. The molecule has 0 radical (unpaired) electrons. The number of nitrogens with one attached hydrogen (secondary N) is 1. The van der Waals surface area contributed by atoms with Crippen molar-refractivity contribution < 1.29 is 14.3 Å². The summed E-state index contributed by atoms with van der Waals surface area (Å²) in [6.45, 7) is 1.73. The van der Waals surface area contributed by atoms with E-state index < -0.39 is 0 Å². The van der Waals surface area contributed by atoms with Gasteiger partial charge >= 0.3 is 5.97 Å². The van der Waals surface area contributed by atoms with E-state index in [2.05, 4.69) is 15.0 Å². The van der Waals surface area contributed by atoms with Crippen molar-refractivity contribution in [2.24, 2.45) is 4.99 Å². The second-order valence-corrected chi connectivity index (χ2v) is 4.38. The van der Waals surface area contributed by atoms with Crippen LogP contribution in [0.15, 0.2) is 35.3 Å². The highest BCUT2D eigenvalue weighted by atomic mass is 127. The van der Waals surface area contributed by atoms with Gasteiger partial charge in [-0.05, 0) is 12.1 Å². The molecule has 0 amide bonds. The van der Waals surface area contributed by atoms with Crippen molar-refractivity contribution in [1.82, 2.24) is 10.2 Å². The number of esters is 1. The molecule has 0 saturated carbocycles. The van der Waals surface area contributed by atoms with Gasteiger partial charge < -0.3 is 19.7 Å². The molecule has 0 bridgehead atoms. The number of para-hydroxylation sites is 1. The van der Waals surface area contributed by atoms with Gasteiger partial charge in [-0.3, -0.25) is 9.79 Å². The van der Waals surface area contributed by atoms with Crippen molar-refractivity contribution in [2.75, 3.05) is 40.9 Å². The SMILES string of the molecule is CN=C(NCCC(=O)OC)N(C)CCOc1ccccc1.I. The summed E-state index contributed by atoms with van der Waals surface area (Å²) in [5.74, 6) is 1.32. The van der Waals surface area contributed by atoms with E-state index in [1.54, 1.807) is 7.05 Å². The van der Waals surface area contributed by atoms with Gasteiger partial charge in [0.25, 0.3) is 0 Å². The van der Waals surface area contributed by atoms with Crippen LogP contribution < -0.4 is 10.1 Å². The van der Waals surface area contributed by atoms with Crippen molar-refractivity contribution in [1.29, 1.82) is 0 Å². The number of carbonyl (C=O) groups excluding carboxylic acids is 1. The lowest BCUT2D eigenvalue weighted by atomic mass is 10.3. The number of carbonyl (C=O) groups is 1. The Kier molecular flexibility index (Phi) is 11.2. The number of hydrogen-bond donors (Lipinski definition) is 1. The number of aliphatic imine (C=N–C) groups is 1. The average molecular weight is 421 g/mol. The first kappa shape index (κ1) is 20.5. The van der Waals surface area contributed by atoms with E-state index >= 15 is 0 Å². The summed E-state index contributed by atoms with van der Waals surface area (Å²) < 4.78 is 10.2. The van der Waals surface area contributed by atoms with Gasteiger partial charge in [0, 0.05) is 20.6 Å². The Bertz CT molecular complexity index is 455. The molecule has 1 N–H and O–H groups in total. The van der Waals surface area contributed by atoms with Crippen molar-refractivity contribution >= 4 is 35.9 Å². The average Bonchev–Trinajstić information content (AvgIpc) is 2.52. The number of benzene rings is 1. The zero-order valence-electron chi connectivity index (χ0n) is 13.2. The molecule has 0 heterocycles. The molecule has 7 heteroatoms. The predicted octanol–water partition coefficient (Wildman–Crippen LogP) is 1.75. The number of ether oxygens (including phenoxy) is 2. The molecule has 0 fully saturated rings. The second-order valence-electron chi connectivity index (χ2n) is 4.38. The summed E-state index contributed by atoms with van der Waals surface area (Å²) in [5, 5.41) is 3.10. The first-order valence-electron chi connectivity index (χ1n) is 6.83. The molecule has 0 saturated heterocycles. The van der Waals surface area contributed by atoms with Crippen molar-refractivity contribution in [3.8, 4) is 5.75 Å². The summed E-state index contributed by atoms with van der Waals surface area (Å²) in [4.78, 5) is 17.1. The molecule has 1 aromatic rings. The minimum Gasteiger partial charge on any atom is -0.492 e. The van der Waals surface area contributed by atoms with E-state index in [-0.39, 0.29) is 29.9 Å². The highest BCUT2D eigenvalue weighted by Gasteiger charge is 2.07. The Morgan fingerprint density at radius 2 is 2.00 bits per heavy atom. The number of guanidine groups is 1. The maximum atomic E-state index is 11.0. The van der Waals surface area contributed by atoms with E-state index in [0.717, 1.165) is 11.7 Å². The molecule has 6 nitrogen and oxygen atoms in total. The maximum absolute atomic E-state index is 11.0. The van der Waals surface area contributed by atoms with Crippen molar-refractivity contribution in [3.63, 3.8) is 0 Å². The largest absolute Gasteiger partial charge is 0.492 e. The molecule has 0 aliphatic carbocycles. The maximum Gasteiger partial charge on any atom is 0.307 e. The zero-order chi connectivity index (χ0) is 15.5. The second kappa shape index (κ2) is 12.1. The Labute approximate surface area is 148 Å². The molecule has 0 spiro atoms. The highest BCUT2D eigenvalue weighted by Crippen LogP contribution is 2.07. The number of rotatable bonds is 7. The fourth-order valence-electron chi connectivity index (χ4n) is 1.69. The third kappa shape index (κ3) is 8.06. The van der Waals surface area contributed by atoms with Crippen LogP contribution in [0.3, 0.4) is 0 Å². The van der Waals surface area contributed by atoms with Crippen LogP contribution in [0, 0.1) is 0 Å². The Hall–Kier alpha value is -1.51. The molecule has 124 valence electrons. The lowest BCUT2D eigenvalue weighted by molar-refractivity contribution is -0.140. The molecular formula is C15H24IN3O3. The third-order valence-electron chi connectivity index (χ3n) is 2.85. The fourth-order valence-corrected chi connectivity index (χ4v) is 1.69. The standard InChI is InChI=1S/C15H23N3O3.HI/c1-16-15(17-10-9-14(19)20-3)18(2)11-12-21-13-7-5-4-6-8-13;/h4-8H,9-12H2,1-3H3,(H,16,17);1H. The Balaban J connectivity index is 0.00000441. The summed E-state index contributed by atoms with van der Waals surface area (Å²) >= 11 is 0. The Morgan fingerprint density at radius 1 is 1.32 bits per heavy atom. The van der Waals surface area contributed by atoms with Crippen LogP contribution in [-0.4, -0.2) is 57.7 Å². The fraction of sp³-hybridized carbons (Fsp3) is 0.467. The predicted molar refractivity (Wildman–Crippen MR) is 98.0 cm³/mol. The van der Waals surface area contributed by atoms with Gasteiger partial charge in [0.2, 0.25) is 0 Å². The number of likely N-dealkylation sites (N-methyl/N-ethyl adjacent to an activating group) is 1.